The van der Waals surface area contributed by atoms with E-state index in [4.69, 9.17) is 5.73 Å². The minimum absolute atomic E-state index is 0.0456. The lowest BCUT2D eigenvalue weighted by molar-refractivity contribution is -0.116. The Labute approximate surface area is 183 Å². The maximum atomic E-state index is 12.4. The molecule has 156 valence electrons. The Morgan fingerprint density at radius 1 is 1.06 bits per heavy atom. The maximum absolute atomic E-state index is 12.4. The summed E-state index contributed by atoms with van der Waals surface area (Å²) in [5, 5.41) is 15.0. The lowest BCUT2D eigenvalue weighted by Gasteiger charge is -2.10. The SMILES string of the molecule is Nc1ccc(-c2ccsc2)cc1NC(=O)CCc1cn(CC(=O)c2ccccc2)nn1. The highest BCUT2D eigenvalue weighted by Crippen LogP contribution is 2.28. The van der Waals surface area contributed by atoms with E-state index < -0.39 is 0 Å². The minimum atomic E-state index is -0.163. The van der Waals surface area contributed by atoms with Gasteiger partial charge in [0.25, 0.3) is 0 Å². The minimum Gasteiger partial charge on any atom is -0.397 e. The van der Waals surface area contributed by atoms with Gasteiger partial charge in [-0.05, 0) is 40.1 Å². The highest BCUT2D eigenvalue weighted by Gasteiger charge is 2.11. The number of Topliss-reactive ketones (excluding diaryl/α,β-unsaturated/α-hetero) is 1. The number of rotatable bonds is 8. The number of nitrogens with one attached hydrogen (secondary N) is 1. The largest absolute Gasteiger partial charge is 0.397 e. The van der Waals surface area contributed by atoms with Gasteiger partial charge in [-0.2, -0.15) is 11.3 Å². The van der Waals surface area contributed by atoms with Gasteiger partial charge >= 0.3 is 0 Å². The summed E-state index contributed by atoms with van der Waals surface area (Å²) in [6.07, 6.45) is 2.34. The van der Waals surface area contributed by atoms with Gasteiger partial charge in [-0.3, -0.25) is 9.59 Å². The number of ketones is 1. The molecule has 0 bridgehead atoms. The molecule has 4 rings (SSSR count). The highest BCUT2D eigenvalue weighted by molar-refractivity contribution is 7.08. The fourth-order valence-corrected chi connectivity index (χ4v) is 3.78. The molecule has 8 heteroatoms. The molecule has 0 saturated heterocycles. The van der Waals surface area contributed by atoms with Crippen LogP contribution in [-0.2, 0) is 17.8 Å². The van der Waals surface area contributed by atoms with Crippen molar-refractivity contribution in [2.75, 3.05) is 11.1 Å². The molecule has 4 aromatic rings. The van der Waals surface area contributed by atoms with E-state index in [1.807, 2.05) is 47.2 Å². The van der Waals surface area contributed by atoms with Crippen LogP contribution >= 0.6 is 11.3 Å². The average Bonchev–Trinajstić information content (AvgIpc) is 3.47. The predicted octanol–water partition coefficient (Wildman–Crippen LogP) is 4.04. The number of anilines is 2. The molecule has 0 aliphatic rings. The Morgan fingerprint density at radius 3 is 2.68 bits per heavy atom. The number of carbonyl (C=O) groups is 2. The van der Waals surface area contributed by atoms with Gasteiger partial charge < -0.3 is 11.1 Å². The Hall–Kier alpha value is -3.78. The van der Waals surface area contributed by atoms with Crippen LogP contribution in [-0.4, -0.2) is 26.7 Å². The van der Waals surface area contributed by atoms with Crippen molar-refractivity contribution >= 4 is 34.4 Å². The summed E-state index contributed by atoms with van der Waals surface area (Å²) < 4.78 is 1.49. The summed E-state index contributed by atoms with van der Waals surface area (Å²) >= 11 is 1.61. The van der Waals surface area contributed by atoms with Crippen molar-refractivity contribution in [1.29, 1.82) is 0 Å². The summed E-state index contributed by atoms with van der Waals surface area (Å²) in [6.45, 7) is 0.106. The van der Waals surface area contributed by atoms with Crippen molar-refractivity contribution in [2.45, 2.75) is 19.4 Å². The maximum Gasteiger partial charge on any atom is 0.224 e. The van der Waals surface area contributed by atoms with E-state index in [1.165, 1.54) is 4.68 Å². The first-order valence-corrected chi connectivity index (χ1v) is 10.7. The Bertz CT molecular complexity index is 1190. The van der Waals surface area contributed by atoms with Gasteiger partial charge in [0.1, 0.15) is 6.54 Å². The highest BCUT2D eigenvalue weighted by atomic mass is 32.1. The summed E-state index contributed by atoms with van der Waals surface area (Å²) in [4.78, 5) is 24.7. The fourth-order valence-electron chi connectivity index (χ4n) is 3.12. The molecule has 0 radical (unpaired) electrons. The van der Waals surface area contributed by atoms with E-state index in [-0.39, 0.29) is 24.7 Å². The van der Waals surface area contributed by atoms with Gasteiger partial charge in [-0.15, -0.1) is 5.10 Å². The molecule has 0 saturated carbocycles. The smallest absolute Gasteiger partial charge is 0.224 e. The zero-order valence-corrected chi connectivity index (χ0v) is 17.5. The van der Waals surface area contributed by atoms with Crippen molar-refractivity contribution < 1.29 is 9.59 Å². The molecule has 0 atom stereocenters. The second-order valence-corrected chi connectivity index (χ2v) is 7.84. The van der Waals surface area contributed by atoms with Gasteiger partial charge in [0.2, 0.25) is 5.91 Å². The van der Waals surface area contributed by atoms with Crippen LogP contribution in [0.5, 0.6) is 0 Å². The number of hydrogen-bond acceptors (Lipinski definition) is 6. The Balaban J connectivity index is 1.33. The van der Waals surface area contributed by atoms with Gasteiger partial charge in [0, 0.05) is 24.6 Å². The van der Waals surface area contributed by atoms with Crippen LogP contribution in [0.4, 0.5) is 11.4 Å². The molecule has 0 unspecified atom stereocenters. The molecule has 2 heterocycles. The first kappa shape index (κ1) is 20.5. The summed E-state index contributed by atoms with van der Waals surface area (Å²) in [6, 6.07) is 16.7. The molecule has 3 N–H and O–H groups in total. The van der Waals surface area contributed by atoms with Gasteiger partial charge in [-0.1, -0.05) is 41.6 Å². The molecule has 0 aliphatic heterocycles. The van der Waals surface area contributed by atoms with Crippen molar-refractivity contribution in [3.63, 3.8) is 0 Å². The number of aryl methyl sites for hydroxylation is 1. The van der Waals surface area contributed by atoms with Crippen molar-refractivity contribution in [1.82, 2.24) is 15.0 Å². The third-order valence-corrected chi connectivity index (χ3v) is 5.46. The lowest BCUT2D eigenvalue weighted by Crippen LogP contribution is -2.14. The molecule has 0 spiro atoms. The standard InChI is InChI=1S/C23H21N5O2S/c24-20-8-6-17(18-10-11-31-15-18)12-21(20)25-23(30)9-7-19-13-28(27-26-19)14-22(29)16-4-2-1-3-5-16/h1-6,8,10-13,15H,7,9,14,24H2,(H,25,30). The molecule has 0 aliphatic carbocycles. The zero-order chi connectivity index (χ0) is 21.6. The van der Waals surface area contributed by atoms with E-state index in [1.54, 1.807) is 35.7 Å². The number of carbonyl (C=O) groups excluding carboxylic acids is 2. The van der Waals surface area contributed by atoms with Crippen molar-refractivity contribution in [2.24, 2.45) is 0 Å². The second kappa shape index (κ2) is 9.36. The third kappa shape index (κ3) is 5.23. The third-order valence-electron chi connectivity index (χ3n) is 4.78. The van der Waals surface area contributed by atoms with Crippen LogP contribution < -0.4 is 11.1 Å². The fraction of sp³-hybridized carbons (Fsp3) is 0.130. The van der Waals surface area contributed by atoms with Crippen LogP contribution in [0.25, 0.3) is 11.1 Å². The van der Waals surface area contributed by atoms with E-state index in [2.05, 4.69) is 15.6 Å². The number of aromatic nitrogens is 3. The Kier molecular flexibility index (Phi) is 6.18. The lowest BCUT2D eigenvalue weighted by atomic mass is 10.1. The quantitative estimate of drug-likeness (QED) is 0.324. The molecule has 7 nitrogen and oxygen atoms in total. The van der Waals surface area contributed by atoms with Crippen LogP contribution in [0.15, 0.2) is 71.6 Å². The summed E-state index contributed by atoms with van der Waals surface area (Å²) in [7, 11) is 0. The van der Waals surface area contributed by atoms with E-state index in [0.29, 0.717) is 29.1 Å². The number of nitrogens with zero attached hydrogens (tertiary/aromatic N) is 3. The van der Waals surface area contributed by atoms with Gasteiger partial charge in [0.15, 0.2) is 5.78 Å². The number of thiophene rings is 1. The normalized spacial score (nSPS) is 10.7. The number of benzene rings is 2. The molecule has 1 amide bonds. The predicted molar refractivity (Wildman–Crippen MR) is 122 cm³/mol. The van der Waals surface area contributed by atoms with Gasteiger partial charge in [0.05, 0.1) is 17.1 Å². The van der Waals surface area contributed by atoms with Gasteiger partial charge in [-0.25, -0.2) is 4.68 Å². The molecule has 2 aromatic heterocycles. The average molecular weight is 432 g/mol. The van der Waals surface area contributed by atoms with Crippen LogP contribution in [0.2, 0.25) is 0 Å². The summed E-state index contributed by atoms with van der Waals surface area (Å²) in [5.74, 6) is -0.208. The zero-order valence-electron chi connectivity index (χ0n) is 16.7. The van der Waals surface area contributed by atoms with Crippen molar-refractivity contribution in [3.8, 4) is 11.1 Å². The molecular formula is C23H21N5O2S. The van der Waals surface area contributed by atoms with Crippen LogP contribution in [0, 0.1) is 0 Å². The number of hydrogen-bond donors (Lipinski definition) is 2. The van der Waals surface area contributed by atoms with Crippen LogP contribution in [0.3, 0.4) is 0 Å². The number of nitrogens with two attached hydrogens (primary N) is 1. The van der Waals surface area contributed by atoms with E-state index >= 15 is 0 Å². The van der Waals surface area contributed by atoms with E-state index in [0.717, 1.165) is 11.1 Å². The van der Waals surface area contributed by atoms with Crippen molar-refractivity contribution in [3.05, 3.63) is 82.8 Å². The monoisotopic (exact) mass is 431 g/mol. The number of amides is 1. The van der Waals surface area contributed by atoms with E-state index in [9.17, 15) is 9.59 Å². The molecule has 31 heavy (non-hydrogen) atoms. The number of nitrogen functional groups attached to an aromatic ring is 1. The topological polar surface area (TPSA) is 103 Å². The summed E-state index contributed by atoms with van der Waals surface area (Å²) in [5.41, 5.74) is 10.5. The van der Waals surface area contributed by atoms with Crippen LogP contribution in [0.1, 0.15) is 22.5 Å². The molecule has 0 fully saturated rings. The first-order valence-electron chi connectivity index (χ1n) is 9.78. The molecule has 2 aromatic carbocycles. The second-order valence-electron chi connectivity index (χ2n) is 7.06. The first-order chi connectivity index (χ1) is 15.1. The Morgan fingerprint density at radius 2 is 1.90 bits per heavy atom. The molecular weight excluding hydrogens is 410 g/mol.